The van der Waals surface area contributed by atoms with Gasteiger partial charge in [-0.05, 0) is 49.7 Å². The van der Waals surface area contributed by atoms with Crippen LogP contribution in [0.5, 0.6) is 5.75 Å². The van der Waals surface area contributed by atoms with Crippen molar-refractivity contribution >= 4 is 44.3 Å². The Labute approximate surface area is 172 Å². The number of hydrogen-bond acceptors (Lipinski definition) is 6. The molecule has 3 heterocycles. The maximum Gasteiger partial charge on any atom is 0.263 e. The molecule has 4 rings (SSSR count). The lowest BCUT2D eigenvalue weighted by Crippen LogP contribution is -2.52. The molecule has 1 aromatic carbocycles. The van der Waals surface area contributed by atoms with Crippen molar-refractivity contribution in [2.75, 3.05) is 31.1 Å². The summed E-state index contributed by atoms with van der Waals surface area (Å²) in [5.74, 6) is 0.654. The third-order valence-electron chi connectivity index (χ3n) is 4.81. The molecule has 6 nitrogen and oxygen atoms in total. The number of anilines is 1. The summed E-state index contributed by atoms with van der Waals surface area (Å²) in [6, 6.07) is 9.30. The van der Waals surface area contributed by atoms with Gasteiger partial charge in [-0.15, -0.1) is 0 Å². The van der Waals surface area contributed by atoms with Gasteiger partial charge in [-0.25, -0.2) is 9.97 Å². The molecular formula is C20H21ClN4O2S. The largest absolute Gasteiger partial charge is 0.481 e. The Morgan fingerprint density at radius 1 is 1.25 bits per heavy atom. The molecule has 8 heteroatoms. The van der Waals surface area contributed by atoms with Crippen molar-refractivity contribution in [2.24, 2.45) is 0 Å². The first-order valence-electron chi connectivity index (χ1n) is 9.19. The van der Waals surface area contributed by atoms with Crippen LogP contribution in [0.2, 0.25) is 5.02 Å². The molecule has 1 amide bonds. The third kappa shape index (κ3) is 3.91. The number of piperazine rings is 1. The fourth-order valence-electron chi connectivity index (χ4n) is 3.21. The molecule has 0 N–H and O–H groups in total. The predicted octanol–water partition coefficient (Wildman–Crippen LogP) is 3.77. The summed E-state index contributed by atoms with van der Waals surface area (Å²) in [6.45, 7) is 6.50. The summed E-state index contributed by atoms with van der Waals surface area (Å²) in [5, 5.41) is 1.65. The lowest BCUT2D eigenvalue weighted by atomic mass is 10.2. The highest BCUT2D eigenvalue weighted by atomic mass is 35.5. The molecule has 146 valence electrons. The molecule has 0 saturated carbocycles. The van der Waals surface area contributed by atoms with Gasteiger partial charge in [-0.3, -0.25) is 4.79 Å². The normalized spacial score (nSPS) is 15.7. The number of pyridine rings is 1. The molecule has 28 heavy (non-hydrogen) atoms. The van der Waals surface area contributed by atoms with Crippen LogP contribution in [-0.2, 0) is 4.79 Å². The van der Waals surface area contributed by atoms with Crippen LogP contribution in [0.1, 0.15) is 12.5 Å². The quantitative estimate of drug-likeness (QED) is 0.648. The van der Waals surface area contributed by atoms with Gasteiger partial charge in [-0.2, -0.15) is 0 Å². The number of fused-ring (bicyclic) bond motifs is 1. The number of nitrogens with zero attached hydrogens (tertiary/aromatic N) is 4. The van der Waals surface area contributed by atoms with Gasteiger partial charge in [0.2, 0.25) is 0 Å². The van der Waals surface area contributed by atoms with E-state index < -0.39 is 6.10 Å². The van der Waals surface area contributed by atoms with Crippen molar-refractivity contribution in [1.29, 1.82) is 0 Å². The van der Waals surface area contributed by atoms with Crippen LogP contribution < -0.4 is 9.64 Å². The van der Waals surface area contributed by atoms with Gasteiger partial charge in [0, 0.05) is 37.4 Å². The topological polar surface area (TPSA) is 58.6 Å². The van der Waals surface area contributed by atoms with E-state index in [9.17, 15) is 4.79 Å². The number of thiazole rings is 1. The van der Waals surface area contributed by atoms with Gasteiger partial charge in [0.15, 0.2) is 11.2 Å². The van der Waals surface area contributed by atoms with Gasteiger partial charge in [-0.1, -0.05) is 22.9 Å². The van der Waals surface area contributed by atoms with E-state index in [1.807, 2.05) is 30.0 Å². The van der Waals surface area contributed by atoms with Crippen LogP contribution in [0, 0.1) is 6.92 Å². The van der Waals surface area contributed by atoms with Crippen molar-refractivity contribution in [2.45, 2.75) is 20.0 Å². The lowest BCUT2D eigenvalue weighted by Gasteiger charge is -2.35. The van der Waals surface area contributed by atoms with Crippen LogP contribution >= 0.6 is 22.9 Å². The van der Waals surface area contributed by atoms with E-state index in [0.29, 0.717) is 23.9 Å². The Kier molecular flexibility index (Phi) is 5.37. The maximum absolute atomic E-state index is 12.8. The van der Waals surface area contributed by atoms with Crippen molar-refractivity contribution < 1.29 is 9.53 Å². The molecule has 0 bridgehead atoms. The van der Waals surface area contributed by atoms with Crippen molar-refractivity contribution in [3.8, 4) is 5.75 Å². The molecule has 0 radical (unpaired) electrons. The summed E-state index contributed by atoms with van der Waals surface area (Å²) in [6.07, 6.45) is 1.24. The lowest BCUT2D eigenvalue weighted by molar-refractivity contribution is -0.138. The first-order chi connectivity index (χ1) is 13.5. The second kappa shape index (κ2) is 7.93. The summed E-state index contributed by atoms with van der Waals surface area (Å²) >= 11 is 7.64. The minimum atomic E-state index is -0.543. The summed E-state index contributed by atoms with van der Waals surface area (Å²) in [5.41, 5.74) is 1.85. The number of halogens is 1. The molecule has 0 aliphatic carbocycles. The highest BCUT2D eigenvalue weighted by molar-refractivity contribution is 7.21. The van der Waals surface area contributed by atoms with Gasteiger partial charge in [0.1, 0.15) is 16.1 Å². The Morgan fingerprint density at radius 3 is 2.75 bits per heavy atom. The van der Waals surface area contributed by atoms with Gasteiger partial charge in [0.25, 0.3) is 5.91 Å². The van der Waals surface area contributed by atoms with Crippen LogP contribution in [0.4, 0.5) is 5.13 Å². The molecule has 1 aliphatic rings. The number of carbonyl (C=O) groups excluding carboxylic acids is 1. The Balaban J connectivity index is 1.35. The van der Waals surface area contributed by atoms with Crippen LogP contribution in [0.3, 0.4) is 0 Å². The van der Waals surface area contributed by atoms with E-state index in [1.165, 1.54) is 0 Å². The number of benzene rings is 1. The summed E-state index contributed by atoms with van der Waals surface area (Å²) in [7, 11) is 0. The van der Waals surface area contributed by atoms with Gasteiger partial charge in [0.05, 0.1) is 0 Å². The molecule has 1 saturated heterocycles. The first kappa shape index (κ1) is 19.0. The average Bonchev–Trinajstić information content (AvgIpc) is 3.14. The van der Waals surface area contributed by atoms with Crippen molar-refractivity contribution in [1.82, 2.24) is 14.9 Å². The van der Waals surface area contributed by atoms with Gasteiger partial charge >= 0.3 is 0 Å². The number of aromatic nitrogens is 2. The van der Waals surface area contributed by atoms with E-state index in [0.717, 1.165) is 34.1 Å². The zero-order valence-corrected chi connectivity index (χ0v) is 17.3. The minimum absolute atomic E-state index is 0.00165. The summed E-state index contributed by atoms with van der Waals surface area (Å²) < 4.78 is 5.83. The fraction of sp³-hybridized carbons (Fsp3) is 0.350. The highest BCUT2D eigenvalue weighted by Gasteiger charge is 2.27. The molecule has 0 spiro atoms. The van der Waals surface area contributed by atoms with Crippen molar-refractivity contribution in [3.63, 3.8) is 0 Å². The Bertz CT molecular complexity index is 968. The highest BCUT2D eigenvalue weighted by Crippen LogP contribution is 2.28. The monoisotopic (exact) mass is 416 g/mol. The number of hydrogen-bond donors (Lipinski definition) is 0. The molecule has 1 fully saturated rings. The molecule has 1 unspecified atom stereocenters. The van der Waals surface area contributed by atoms with E-state index >= 15 is 0 Å². The fourth-order valence-corrected chi connectivity index (χ4v) is 4.29. The van der Waals surface area contributed by atoms with Crippen LogP contribution in [0.15, 0.2) is 36.5 Å². The zero-order chi connectivity index (χ0) is 19.7. The molecular weight excluding hydrogens is 396 g/mol. The van der Waals surface area contributed by atoms with E-state index in [1.54, 1.807) is 36.6 Å². The SMILES string of the molecule is Cc1cc(OC(C)C(=O)N2CCN(c3nc4cccnc4s3)CC2)ccc1Cl. The maximum atomic E-state index is 12.8. The molecule has 1 aliphatic heterocycles. The van der Waals surface area contributed by atoms with E-state index in [-0.39, 0.29) is 5.91 Å². The van der Waals surface area contributed by atoms with Crippen LogP contribution in [-0.4, -0.2) is 53.1 Å². The second-order valence-corrected chi connectivity index (χ2v) is 8.17. The first-order valence-corrected chi connectivity index (χ1v) is 10.4. The number of amides is 1. The molecule has 2 aromatic heterocycles. The Morgan fingerprint density at radius 2 is 2.04 bits per heavy atom. The minimum Gasteiger partial charge on any atom is -0.481 e. The number of rotatable bonds is 4. The average molecular weight is 417 g/mol. The van der Waals surface area contributed by atoms with E-state index in [2.05, 4.69) is 14.9 Å². The van der Waals surface area contributed by atoms with Crippen molar-refractivity contribution in [3.05, 3.63) is 47.1 Å². The van der Waals surface area contributed by atoms with E-state index in [4.69, 9.17) is 16.3 Å². The third-order valence-corrected chi connectivity index (χ3v) is 6.27. The zero-order valence-electron chi connectivity index (χ0n) is 15.8. The van der Waals surface area contributed by atoms with Gasteiger partial charge < -0.3 is 14.5 Å². The standard InChI is InChI=1S/C20H21ClN4O2S/c1-13-12-15(5-6-16(13)21)27-14(2)19(26)24-8-10-25(11-9-24)20-23-17-4-3-7-22-18(17)28-20/h3-7,12,14H,8-11H2,1-2H3. The molecule has 3 aromatic rings. The smallest absolute Gasteiger partial charge is 0.263 e. The Hall–Kier alpha value is -2.38. The van der Waals surface area contributed by atoms with Crippen LogP contribution in [0.25, 0.3) is 10.3 Å². The number of carbonyl (C=O) groups is 1. The number of aryl methyl sites for hydroxylation is 1. The second-order valence-electron chi connectivity index (χ2n) is 6.81. The predicted molar refractivity (Wildman–Crippen MR) is 112 cm³/mol. The summed E-state index contributed by atoms with van der Waals surface area (Å²) in [4.78, 5) is 26.8. The molecule has 1 atom stereocenters. The number of ether oxygens (including phenoxy) is 1.